The zero-order valence-electron chi connectivity index (χ0n) is 16.5. The molecule has 0 aromatic rings. The topological polar surface area (TPSA) is 55.4 Å². The number of halogens is 3. The molecule has 0 aliphatic heterocycles. The molecule has 0 fully saturated rings. The molecule has 0 aromatic heterocycles. The summed E-state index contributed by atoms with van der Waals surface area (Å²) < 4.78 is 40.4. The summed E-state index contributed by atoms with van der Waals surface area (Å²) in [6, 6.07) is 0. The first kappa shape index (κ1) is 27.6. The third-order valence-electron chi connectivity index (χ3n) is 2.87. The van der Waals surface area contributed by atoms with Crippen molar-refractivity contribution in [3.05, 3.63) is 0 Å². The highest BCUT2D eigenvalue weighted by atomic mass is 19.4. The Morgan fingerprint density at radius 2 is 1.38 bits per heavy atom. The van der Waals surface area contributed by atoms with Gasteiger partial charge in [-0.2, -0.15) is 13.2 Å². The van der Waals surface area contributed by atoms with Gasteiger partial charge in [0.1, 0.15) is 5.60 Å². The van der Waals surface area contributed by atoms with Crippen LogP contribution in [0.25, 0.3) is 0 Å². The van der Waals surface area contributed by atoms with Crippen LogP contribution in [-0.4, -0.2) is 30.2 Å². The molecule has 146 valence electrons. The maximum Gasteiger partial charge on any atom is 0.408 e. The lowest BCUT2D eigenvalue weighted by atomic mass is 9.90. The van der Waals surface area contributed by atoms with Crippen LogP contribution in [0.15, 0.2) is 0 Å². The summed E-state index contributed by atoms with van der Waals surface area (Å²) >= 11 is 0. The normalized spacial score (nSPS) is 11.3. The molecule has 0 aliphatic rings. The summed E-state index contributed by atoms with van der Waals surface area (Å²) in [6.07, 6.45) is -4.04. The largest absolute Gasteiger partial charge is 0.444 e. The van der Waals surface area contributed by atoms with Crippen molar-refractivity contribution in [1.82, 2.24) is 5.32 Å². The quantitative estimate of drug-likeness (QED) is 0.722. The molecule has 0 saturated heterocycles. The van der Waals surface area contributed by atoms with E-state index in [2.05, 4.69) is 5.32 Å². The molecule has 0 saturated carbocycles. The van der Waals surface area contributed by atoms with E-state index in [1.807, 2.05) is 13.8 Å². The number of Topliss-reactive ketones (excluding diaryl/α,β-unsaturated/α-hetero) is 1. The number of carbonyl (C=O) groups excluding carboxylic acids is 2. The predicted octanol–water partition coefficient (Wildman–Crippen LogP) is 5.50. The number of alkyl carbamates (subject to hydrolysis) is 1. The van der Waals surface area contributed by atoms with Gasteiger partial charge < -0.3 is 10.1 Å². The van der Waals surface area contributed by atoms with Crippen molar-refractivity contribution in [1.29, 1.82) is 0 Å². The Labute approximate surface area is 144 Å². The van der Waals surface area contributed by atoms with Gasteiger partial charge in [0, 0.05) is 6.42 Å². The fourth-order valence-corrected chi connectivity index (χ4v) is 0.810. The number of hydrogen-bond acceptors (Lipinski definition) is 3. The minimum absolute atomic E-state index is 0.00846. The molecule has 0 atom stereocenters. The van der Waals surface area contributed by atoms with Gasteiger partial charge in [0.15, 0.2) is 5.78 Å². The van der Waals surface area contributed by atoms with E-state index in [0.717, 1.165) is 0 Å². The number of carbonyl (C=O) groups is 2. The van der Waals surface area contributed by atoms with Crippen LogP contribution >= 0.6 is 0 Å². The standard InChI is InChI=1S/C9H17NO3.C6H11F3.C2H6/c1-5-7(11)6-10-8(12)13-9(2,3)4;1-4-5(2,3)6(7,8)9;1-2/h5-6H2,1-4H3,(H,10,12);4H2,1-3H3;1-2H3. The minimum atomic E-state index is -4.05. The van der Waals surface area contributed by atoms with Gasteiger partial charge in [-0.3, -0.25) is 4.79 Å². The van der Waals surface area contributed by atoms with Gasteiger partial charge in [-0.05, 0) is 27.2 Å². The van der Waals surface area contributed by atoms with Crippen molar-refractivity contribution in [3.8, 4) is 0 Å². The smallest absolute Gasteiger partial charge is 0.408 e. The Morgan fingerprint density at radius 1 is 0.958 bits per heavy atom. The van der Waals surface area contributed by atoms with Gasteiger partial charge in [0.25, 0.3) is 0 Å². The van der Waals surface area contributed by atoms with Crippen molar-refractivity contribution < 1.29 is 27.5 Å². The van der Waals surface area contributed by atoms with E-state index in [0.29, 0.717) is 6.42 Å². The lowest BCUT2D eigenvalue weighted by molar-refractivity contribution is -0.212. The summed E-state index contributed by atoms with van der Waals surface area (Å²) in [7, 11) is 0. The number of hydrogen-bond donors (Lipinski definition) is 1. The molecule has 0 aromatic carbocycles. The summed E-state index contributed by atoms with van der Waals surface area (Å²) in [5.74, 6) is -0.00846. The van der Waals surface area contributed by atoms with Crippen molar-refractivity contribution in [3.63, 3.8) is 0 Å². The zero-order chi connectivity index (χ0) is 20.2. The first-order chi connectivity index (χ1) is 10.7. The van der Waals surface area contributed by atoms with Crippen molar-refractivity contribution in [2.45, 2.75) is 86.9 Å². The van der Waals surface area contributed by atoms with Gasteiger partial charge in [-0.1, -0.05) is 41.5 Å². The maximum atomic E-state index is 11.8. The highest BCUT2D eigenvalue weighted by Gasteiger charge is 2.45. The van der Waals surface area contributed by atoms with Gasteiger partial charge in [-0.25, -0.2) is 4.79 Å². The summed E-state index contributed by atoms with van der Waals surface area (Å²) in [4.78, 5) is 21.8. The molecule has 7 heteroatoms. The number of nitrogens with one attached hydrogen (secondary N) is 1. The molecule has 0 spiro atoms. The van der Waals surface area contributed by atoms with Crippen LogP contribution < -0.4 is 5.32 Å². The average Bonchev–Trinajstić information content (AvgIpc) is 2.44. The number of alkyl halides is 3. The van der Waals surface area contributed by atoms with Crippen LogP contribution in [-0.2, 0) is 9.53 Å². The lowest BCUT2D eigenvalue weighted by Gasteiger charge is -2.25. The summed E-state index contributed by atoms with van der Waals surface area (Å²) in [6.45, 7) is 15.1. The van der Waals surface area contributed by atoms with E-state index in [9.17, 15) is 22.8 Å². The molecule has 0 bridgehead atoms. The van der Waals surface area contributed by atoms with E-state index < -0.39 is 23.3 Å². The number of ether oxygens (including phenoxy) is 1. The van der Waals surface area contributed by atoms with Crippen LogP contribution in [0, 0.1) is 5.41 Å². The molecule has 24 heavy (non-hydrogen) atoms. The minimum Gasteiger partial charge on any atom is -0.444 e. The number of ketones is 1. The van der Waals surface area contributed by atoms with Crippen LogP contribution in [0.2, 0.25) is 0 Å². The lowest BCUT2D eigenvalue weighted by Crippen LogP contribution is -2.35. The zero-order valence-corrected chi connectivity index (χ0v) is 16.5. The van der Waals surface area contributed by atoms with Gasteiger partial charge >= 0.3 is 12.3 Å². The molecule has 0 aliphatic carbocycles. The Morgan fingerprint density at radius 3 is 1.58 bits per heavy atom. The molecule has 1 N–H and O–H groups in total. The van der Waals surface area contributed by atoms with Crippen molar-refractivity contribution in [2.24, 2.45) is 5.41 Å². The number of amides is 1. The first-order valence-electron chi connectivity index (χ1n) is 8.21. The molecule has 0 heterocycles. The van der Waals surface area contributed by atoms with Gasteiger partial charge in [0.05, 0.1) is 12.0 Å². The maximum absolute atomic E-state index is 11.8. The monoisotopic (exact) mass is 357 g/mol. The van der Waals surface area contributed by atoms with E-state index in [-0.39, 0.29) is 18.7 Å². The van der Waals surface area contributed by atoms with E-state index in [1.54, 1.807) is 27.7 Å². The summed E-state index contributed by atoms with van der Waals surface area (Å²) in [5, 5.41) is 2.38. The second-order valence-electron chi connectivity index (χ2n) is 6.48. The van der Waals surface area contributed by atoms with Crippen molar-refractivity contribution >= 4 is 11.9 Å². The van der Waals surface area contributed by atoms with Crippen LogP contribution in [0.1, 0.15) is 75.2 Å². The highest BCUT2D eigenvalue weighted by molar-refractivity contribution is 5.83. The van der Waals surface area contributed by atoms with E-state index in [1.165, 1.54) is 20.8 Å². The Hall–Kier alpha value is -1.27. The molecule has 0 rings (SSSR count). The summed E-state index contributed by atoms with van der Waals surface area (Å²) in [5.41, 5.74) is -2.04. The fourth-order valence-electron chi connectivity index (χ4n) is 0.810. The molecular formula is C17H34F3NO3. The van der Waals surface area contributed by atoms with E-state index in [4.69, 9.17) is 4.74 Å². The SMILES string of the molecule is CC.CCC(=O)CNC(=O)OC(C)(C)C.CCC(C)(C)C(F)(F)F. The molecule has 1 amide bonds. The highest BCUT2D eigenvalue weighted by Crippen LogP contribution is 2.39. The Bertz CT molecular complexity index is 359. The van der Waals surface area contributed by atoms with Gasteiger partial charge in [0.2, 0.25) is 0 Å². The Kier molecular flexibility index (Phi) is 14.0. The second-order valence-corrected chi connectivity index (χ2v) is 6.48. The van der Waals surface area contributed by atoms with Crippen LogP contribution in [0.3, 0.4) is 0 Å². The number of rotatable bonds is 4. The van der Waals surface area contributed by atoms with Crippen LogP contribution in [0.5, 0.6) is 0 Å². The molecule has 0 radical (unpaired) electrons. The fraction of sp³-hybridized carbons (Fsp3) is 0.882. The second kappa shape index (κ2) is 12.1. The molecule has 0 unspecified atom stereocenters. The molecule has 4 nitrogen and oxygen atoms in total. The van der Waals surface area contributed by atoms with Crippen LogP contribution in [0.4, 0.5) is 18.0 Å². The molecular weight excluding hydrogens is 323 g/mol. The van der Waals surface area contributed by atoms with E-state index >= 15 is 0 Å². The Balaban J connectivity index is -0.000000351. The predicted molar refractivity (Wildman–Crippen MR) is 91.0 cm³/mol. The first-order valence-corrected chi connectivity index (χ1v) is 8.21. The third kappa shape index (κ3) is 15.6. The third-order valence-corrected chi connectivity index (χ3v) is 2.87. The van der Waals surface area contributed by atoms with Gasteiger partial charge in [-0.15, -0.1) is 0 Å². The average molecular weight is 357 g/mol. The van der Waals surface area contributed by atoms with Crippen molar-refractivity contribution in [2.75, 3.05) is 6.54 Å².